The van der Waals surface area contributed by atoms with Crippen molar-refractivity contribution in [2.75, 3.05) is 19.8 Å². The molecule has 4 N–H and O–H groups in total. The summed E-state index contributed by atoms with van der Waals surface area (Å²) < 4.78 is 32.6. The van der Waals surface area contributed by atoms with Crippen molar-refractivity contribution in [1.29, 1.82) is 0 Å². The molecule has 11 nitrogen and oxygen atoms in total. The maximum Gasteiger partial charge on any atom is 0.472 e. The van der Waals surface area contributed by atoms with Gasteiger partial charge in [-0.25, -0.2) is 4.57 Å². The number of phosphoric acid groups is 1. The van der Waals surface area contributed by atoms with Crippen LogP contribution < -0.4 is 5.73 Å². The third kappa shape index (κ3) is 36.9. The van der Waals surface area contributed by atoms with E-state index in [9.17, 15) is 23.8 Å². The van der Waals surface area contributed by atoms with Crippen LogP contribution in [0.5, 0.6) is 0 Å². The number of hydrogen-bond acceptors (Lipinski definition) is 9. The standard InChI is InChI=1S/C42H78NO10P/c1-3-5-7-9-11-13-15-16-17-18-19-20-21-22-24-25-27-29-31-33-40(44)50-35-38(36-51-54(48,49)52-37-39(43)42(46)47)53-41(45)34-32-30-28-26-23-14-12-10-8-6-4-2/h10,12,16-17,38-39H,3-9,11,13-15,18-37,43H2,1-2H3,(H,46,47)(H,48,49)/b12-10-,17-16-/t38-,39+/m1/s1. The van der Waals surface area contributed by atoms with Crippen molar-refractivity contribution in [3.05, 3.63) is 24.3 Å². The number of carboxylic acid groups (broad SMARTS) is 1. The fraction of sp³-hybridized carbons (Fsp3) is 0.833. The van der Waals surface area contributed by atoms with Crippen molar-refractivity contribution in [3.8, 4) is 0 Å². The lowest BCUT2D eigenvalue weighted by atomic mass is 10.1. The second-order valence-corrected chi connectivity index (χ2v) is 15.9. The second-order valence-electron chi connectivity index (χ2n) is 14.5. The molecule has 0 aromatic heterocycles. The molecule has 0 saturated carbocycles. The molecule has 12 heteroatoms. The third-order valence-electron chi connectivity index (χ3n) is 9.17. The van der Waals surface area contributed by atoms with Crippen molar-refractivity contribution < 1.29 is 47.5 Å². The van der Waals surface area contributed by atoms with Gasteiger partial charge in [0.1, 0.15) is 12.6 Å². The number of unbranched alkanes of at least 4 members (excludes halogenated alkanes) is 22. The number of nitrogens with two attached hydrogens (primary N) is 1. The number of allylic oxidation sites excluding steroid dienone is 4. The van der Waals surface area contributed by atoms with Gasteiger partial charge >= 0.3 is 25.7 Å². The molecule has 3 atom stereocenters. The van der Waals surface area contributed by atoms with Crippen molar-refractivity contribution in [1.82, 2.24) is 0 Å². The van der Waals surface area contributed by atoms with Crippen LogP contribution in [0.3, 0.4) is 0 Å². The van der Waals surface area contributed by atoms with Gasteiger partial charge in [0, 0.05) is 12.8 Å². The predicted molar refractivity (Wildman–Crippen MR) is 217 cm³/mol. The van der Waals surface area contributed by atoms with Gasteiger partial charge in [0.25, 0.3) is 0 Å². The summed E-state index contributed by atoms with van der Waals surface area (Å²) in [5, 5.41) is 8.87. The first-order chi connectivity index (χ1) is 26.1. The number of phosphoric ester groups is 1. The fourth-order valence-corrected chi connectivity index (χ4v) is 6.52. The van der Waals surface area contributed by atoms with Crippen LogP contribution in [0.2, 0.25) is 0 Å². The van der Waals surface area contributed by atoms with Crippen molar-refractivity contribution in [2.24, 2.45) is 5.73 Å². The molecule has 0 radical (unpaired) electrons. The number of aliphatic carboxylic acids is 1. The summed E-state index contributed by atoms with van der Waals surface area (Å²) in [5.41, 5.74) is 5.32. The zero-order chi connectivity index (χ0) is 40.0. The number of carbonyl (C=O) groups is 3. The normalized spacial score (nSPS) is 14.0. The first kappa shape index (κ1) is 52.0. The van der Waals surface area contributed by atoms with E-state index in [1.165, 1.54) is 96.3 Å². The Kier molecular flexibility index (Phi) is 36.4. The average Bonchev–Trinajstić information content (AvgIpc) is 3.14. The SMILES string of the molecule is CCCC/C=C\CCCCCCCC(=O)O[C@H](COC(=O)CCCCCCCCCCC/C=C\CCCCCCCC)COP(=O)(O)OC[C@H](N)C(=O)O. The maximum absolute atomic E-state index is 12.6. The number of rotatable bonds is 40. The second kappa shape index (κ2) is 37.9. The largest absolute Gasteiger partial charge is 0.480 e. The minimum absolute atomic E-state index is 0.152. The molecule has 0 aromatic rings. The molecular weight excluding hydrogens is 709 g/mol. The van der Waals surface area contributed by atoms with Gasteiger partial charge in [-0.1, -0.05) is 147 Å². The highest BCUT2D eigenvalue weighted by molar-refractivity contribution is 7.47. The highest BCUT2D eigenvalue weighted by Gasteiger charge is 2.28. The summed E-state index contributed by atoms with van der Waals surface area (Å²) in [5.74, 6) is -2.39. The molecule has 1 unspecified atom stereocenters. The lowest BCUT2D eigenvalue weighted by Crippen LogP contribution is -2.34. The van der Waals surface area contributed by atoms with Gasteiger partial charge in [-0.05, 0) is 57.8 Å². The average molecular weight is 788 g/mol. The van der Waals surface area contributed by atoms with Crippen LogP contribution in [-0.4, -0.2) is 59.9 Å². The lowest BCUT2D eigenvalue weighted by molar-refractivity contribution is -0.161. The summed E-state index contributed by atoms with van der Waals surface area (Å²) >= 11 is 0. The van der Waals surface area contributed by atoms with E-state index in [0.29, 0.717) is 12.8 Å². The van der Waals surface area contributed by atoms with E-state index in [0.717, 1.165) is 57.8 Å². The molecule has 0 aliphatic carbocycles. The minimum Gasteiger partial charge on any atom is -0.480 e. The Morgan fingerprint density at radius 3 is 1.41 bits per heavy atom. The molecule has 0 aromatic carbocycles. The van der Waals surface area contributed by atoms with Gasteiger partial charge in [0.15, 0.2) is 6.10 Å². The first-order valence-corrected chi connectivity index (χ1v) is 22.9. The summed E-state index contributed by atoms with van der Waals surface area (Å²) in [6, 6.07) is -1.52. The van der Waals surface area contributed by atoms with Gasteiger partial charge in [-0.3, -0.25) is 23.4 Å². The van der Waals surface area contributed by atoms with Crippen LogP contribution in [0.4, 0.5) is 0 Å². The molecule has 0 aliphatic rings. The Morgan fingerprint density at radius 1 is 0.556 bits per heavy atom. The van der Waals surface area contributed by atoms with Crippen LogP contribution in [0, 0.1) is 0 Å². The molecule has 0 saturated heterocycles. The molecule has 54 heavy (non-hydrogen) atoms. The van der Waals surface area contributed by atoms with Crippen molar-refractivity contribution in [3.63, 3.8) is 0 Å². The van der Waals surface area contributed by atoms with Crippen LogP contribution in [0.25, 0.3) is 0 Å². The minimum atomic E-state index is -4.71. The van der Waals surface area contributed by atoms with Gasteiger partial charge in [-0.15, -0.1) is 0 Å². The zero-order valence-electron chi connectivity index (χ0n) is 34.1. The van der Waals surface area contributed by atoms with E-state index < -0.39 is 51.1 Å². The van der Waals surface area contributed by atoms with Gasteiger partial charge < -0.3 is 25.2 Å². The van der Waals surface area contributed by atoms with E-state index >= 15 is 0 Å². The number of esters is 2. The summed E-state index contributed by atoms with van der Waals surface area (Å²) in [7, 11) is -4.71. The van der Waals surface area contributed by atoms with E-state index in [4.69, 9.17) is 24.8 Å². The number of carboxylic acids is 1. The Hall–Kier alpha value is -2.04. The third-order valence-corrected chi connectivity index (χ3v) is 10.1. The Labute approximate surface area is 328 Å². The van der Waals surface area contributed by atoms with Gasteiger partial charge in [0.05, 0.1) is 13.2 Å². The predicted octanol–water partition coefficient (Wildman–Crippen LogP) is 11.1. The molecule has 0 heterocycles. The Morgan fingerprint density at radius 2 is 0.944 bits per heavy atom. The molecule has 0 aliphatic heterocycles. The van der Waals surface area contributed by atoms with Crippen LogP contribution in [0.15, 0.2) is 24.3 Å². The molecule has 0 amide bonds. The van der Waals surface area contributed by atoms with Crippen LogP contribution in [0.1, 0.15) is 194 Å². The zero-order valence-corrected chi connectivity index (χ0v) is 35.0. The highest BCUT2D eigenvalue weighted by Crippen LogP contribution is 2.43. The van der Waals surface area contributed by atoms with Crippen molar-refractivity contribution >= 4 is 25.7 Å². The van der Waals surface area contributed by atoms with Crippen LogP contribution >= 0.6 is 7.82 Å². The topological polar surface area (TPSA) is 172 Å². The summed E-state index contributed by atoms with van der Waals surface area (Å²) in [6.07, 6.45) is 38.2. The van der Waals surface area contributed by atoms with Crippen LogP contribution in [-0.2, 0) is 37.5 Å². The van der Waals surface area contributed by atoms with Gasteiger partial charge in [-0.2, -0.15) is 0 Å². The van der Waals surface area contributed by atoms with Gasteiger partial charge in [0.2, 0.25) is 0 Å². The Balaban J connectivity index is 4.30. The quantitative estimate of drug-likeness (QED) is 0.0233. The first-order valence-electron chi connectivity index (χ1n) is 21.4. The number of hydrogen-bond donors (Lipinski definition) is 3. The molecule has 0 bridgehead atoms. The summed E-state index contributed by atoms with van der Waals surface area (Å²) in [4.78, 5) is 45.8. The van der Waals surface area contributed by atoms with Crippen molar-refractivity contribution in [2.45, 2.75) is 206 Å². The molecule has 0 fully saturated rings. The highest BCUT2D eigenvalue weighted by atomic mass is 31.2. The maximum atomic E-state index is 12.6. The smallest absolute Gasteiger partial charge is 0.472 e. The molecule has 0 rings (SSSR count). The van der Waals surface area contributed by atoms with E-state index in [2.05, 4.69) is 42.7 Å². The van der Waals surface area contributed by atoms with E-state index in [-0.39, 0.29) is 19.4 Å². The van der Waals surface area contributed by atoms with E-state index in [1.807, 2.05) is 0 Å². The number of carbonyl (C=O) groups excluding carboxylic acids is 2. The number of ether oxygens (including phenoxy) is 2. The monoisotopic (exact) mass is 788 g/mol. The molecule has 0 spiro atoms. The fourth-order valence-electron chi connectivity index (χ4n) is 5.75. The lowest BCUT2D eigenvalue weighted by Gasteiger charge is -2.20. The summed E-state index contributed by atoms with van der Waals surface area (Å²) in [6.45, 7) is 2.75. The Bertz CT molecular complexity index is 1020. The van der Waals surface area contributed by atoms with E-state index in [1.54, 1.807) is 0 Å². The molecular formula is C42H78NO10P. The molecule has 316 valence electrons.